The van der Waals surface area contributed by atoms with E-state index in [1.54, 1.807) is 0 Å². The van der Waals surface area contributed by atoms with Crippen molar-refractivity contribution in [1.82, 2.24) is 4.98 Å². The number of halogens is 6. The Labute approximate surface area is 168 Å². The van der Waals surface area contributed by atoms with Gasteiger partial charge in [0.25, 0.3) is 0 Å². The zero-order valence-corrected chi connectivity index (χ0v) is 15.9. The van der Waals surface area contributed by atoms with E-state index in [9.17, 15) is 23.1 Å². The summed E-state index contributed by atoms with van der Waals surface area (Å²) in [4.78, 5) is 16.6. The van der Waals surface area contributed by atoms with Gasteiger partial charge in [-0.15, -0.1) is 0 Å². The first-order valence-corrected chi connectivity index (χ1v) is 9.20. The number of ketones is 1. The molecule has 2 aromatic rings. The Balaban J connectivity index is 1.83. The second-order valence-corrected chi connectivity index (χ2v) is 7.45. The van der Waals surface area contributed by atoms with E-state index in [4.69, 9.17) is 23.2 Å². The van der Waals surface area contributed by atoms with Crippen LogP contribution >= 0.6 is 23.2 Å². The fraction of sp³-hybridized carbons (Fsp3) is 0.368. The lowest BCUT2D eigenvalue weighted by Crippen LogP contribution is -2.37. The summed E-state index contributed by atoms with van der Waals surface area (Å²) in [6.45, 7) is 0. The van der Waals surface area contributed by atoms with E-state index in [2.05, 4.69) is 4.98 Å². The lowest BCUT2D eigenvalue weighted by atomic mass is 9.77. The lowest BCUT2D eigenvalue weighted by molar-refractivity contribution is -0.137. The highest BCUT2D eigenvalue weighted by Gasteiger charge is 2.46. The van der Waals surface area contributed by atoms with Crippen LogP contribution in [0.25, 0.3) is 0 Å². The van der Waals surface area contributed by atoms with Gasteiger partial charge >= 0.3 is 6.18 Å². The molecule has 9 heteroatoms. The molecule has 28 heavy (non-hydrogen) atoms. The Kier molecular flexibility index (Phi) is 5.71. The van der Waals surface area contributed by atoms with Crippen molar-refractivity contribution in [3.63, 3.8) is 0 Å². The van der Waals surface area contributed by atoms with E-state index in [0.29, 0.717) is 0 Å². The number of hydrogen-bond acceptors (Lipinski definition) is 3. The number of fused-ring (bicyclic) bond motifs is 1. The quantitative estimate of drug-likeness (QED) is 0.635. The summed E-state index contributed by atoms with van der Waals surface area (Å²) < 4.78 is 54.0. The molecule has 3 rings (SSSR count). The Bertz CT molecular complexity index is 896. The summed E-state index contributed by atoms with van der Waals surface area (Å²) in [6, 6.07) is 4.34. The minimum absolute atomic E-state index is 0.0170. The Morgan fingerprint density at radius 3 is 2.54 bits per heavy atom. The smallest absolute Gasteiger partial charge is 0.387 e. The van der Waals surface area contributed by atoms with Gasteiger partial charge in [-0.25, -0.2) is 4.39 Å². The molecule has 0 radical (unpaired) electrons. The minimum atomic E-state index is -4.61. The second-order valence-electron chi connectivity index (χ2n) is 6.63. The number of carbonyl (C=O) groups excluding carboxylic acids is 1. The fourth-order valence-corrected chi connectivity index (χ4v) is 4.03. The third kappa shape index (κ3) is 3.88. The van der Waals surface area contributed by atoms with Crippen LogP contribution in [-0.2, 0) is 23.1 Å². The van der Waals surface area contributed by atoms with Gasteiger partial charge in [-0.2, -0.15) is 13.2 Å². The molecule has 0 unspecified atom stereocenters. The van der Waals surface area contributed by atoms with E-state index < -0.39 is 29.3 Å². The summed E-state index contributed by atoms with van der Waals surface area (Å²) in [5.74, 6) is -0.763. The molecule has 0 fully saturated rings. The van der Waals surface area contributed by atoms with Gasteiger partial charge in [0, 0.05) is 28.2 Å². The molecule has 1 aliphatic rings. The summed E-state index contributed by atoms with van der Waals surface area (Å²) in [6.07, 6.45) is -4.76. The fourth-order valence-electron chi connectivity index (χ4n) is 3.36. The number of carbonyl (C=O) groups is 1. The number of aromatic nitrogens is 1. The van der Waals surface area contributed by atoms with Crippen LogP contribution < -0.4 is 0 Å². The van der Waals surface area contributed by atoms with E-state index in [0.717, 1.165) is 12.1 Å². The predicted octanol–water partition coefficient (Wildman–Crippen LogP) is 5.60. The average Bonchev–Trinajstić information content (AvgIpc) is 2.63. The van der Waals surface area contributed by atoms with Crippen LogP contribution in [0.1, 0.15) is 47.8 Å². The first-order chi connectivity index (χ1) is 13.0. The number of aliphatic hydroxyl groups is 1. The molecule has 150 valence electrons. The number of nitrogens with zero attached hydrogens (tertiary/aromatic N) is 1. The van der Waals surface area contributed by atoms with E-state index in [-0.39, 0.29) is 52.5 Å². The maximum atomic E-state index is 15.5. The van der Waals surface area contributed by atoms with Crippen molar-refractivity contribution in [3.05, 3.63) is 62.9 Å². The highest BCUT2D eigenvalue weighted by atomic mass is 35.5. The Morgan fingerprint density at radius 1 is 1.29 bits per heavy atom. The van der Waals surface area contributed by atoms with Crippen molar-refractivity contribution in [1.29, 1.82) is 0 Å². The van der Waals surface area contributed by atoms with Crippen LogP contribution in [-0.4, -0.2) is 15.9 Å². The minimum Gasteiger partial charge on any atom is -0.387 e. The number of benzene rings is 1. The molecule has 0 bridgehead atoms. The SMILES string of the molecule is O=C(CCc1c(Cl)cc(C(F)(F)F)cc1Cl)[C@@]1(F)CC[C@@H](O)c2ncccc21. The van der Waals surface area contributed by atoms with Crippen molar-refractivity contribution < 1.29 is 27.5 Å². The maximum Gasteiger partial charge on any atom is 0.416 e. The third-order valence-electron chi connectivity index (χ3n) is 4.86. The first-order valence-electron chi connectivity index (χ1n) is 8.45. The van der Waals surface area contributed by atoms with Gasteiger partial charge in [0.1, 0.15) is 0 Å². The van der Waals surface area contributed by atoms with Gasteiger partial charge in [0.05, 0.1) is 17.4 Å². The second kappa shape index (κ2) is 7.61. The van der Waals surface area contributed by atoms with Crippen molar-refractivity contribution in [2.75, 3.05) is 0 Å². The summed E-state index contributed by atoms with van der Waals surface area (Å²) in [7, 11) is 0. The Morgan fingerprint density at radius 2 is 1.93 bits per heavy atom. The summed E-state index contributed by atoms with van der Waals surface area (Å²) in [5, 5.41) is 9.51. The number of aliphatic hydroxyl groups excluding tert-OH is 1. The van der Waals surface area contributed by atoms with Gasteiger partial charge in [-0.1, -0.05) is 29.3 Å². The zero-order valence-electron chi connectivity index (χ0n) is 14.4. The number of rotatable bonds is 4. The monoisotopic (exact) mass is 435 g/mol. The van der Waals surface area contributed by atoms with Crippen molar-refractivity contribution in [3.8, 4) is 0 Å². The molecule has 0 amide bonds. The zero-order chi connectivity index (χ0) is 20.7. The van der Waals surface area contributed by atoms with Crippen molar-refractivity contribution in [2.24, 2.45) is 0 Å². The largest absolute Gasteiger partial charge is 0.416 e. The van der Waals surface area contributed by atoms with Gasteiger partial charge < -0.3 is 5.11 Å². The highest BCUT2D eigenvalue weighted by Crippen LogP contribution is 2.44. The molecule has 0 saturated heterocycles. The number of alkyl halides is 4. The average molecular weight is 436 g/mol. The maximum absolute atomic E-state index is 15.5. The van der Waals surface area contributed by atoms with Gasteiger partial charge in [0.15, 0.2) is 11.5 Å². The van der Waals surface area contributed by atoms with Crippen LogP contribution in [0.2, 0.25) is 10.0 Å². The Hall–Kier alpha value is -1.70. The molecule has 0 saturated carbocycles. The van der Waals surface area contributed by atoms with Crippen LogP contribution in [0.4, 0.5) is 17.6 Å². The molecule has 3 nitrogen and oxygen atoms in total. The predicted molar refractivity (Wildman–Crippen MR) is 96.0 cm³/mol. The molecule has 1 aliphatic carbocycles. The molecular weight excluding hydrogens is 421 g/mol. The normalized spacial score (nSPS) is 22.0. The molecule has 1 aromatic carbocycles. The molecule has 0 spiro atoms. The van der Waals surface area contributed by atoms with E-state index in [1.807, 2.05) is 0 Å². The van der Waals surface area contributed by atoms with Crippen molar-refractivity contribution in [2.45, 2.75) is 43.6 Å². The summed E-state index contributed by atoms with van der Waals surface area (Å²) >= 11 is 11.8. The topological polar surface area (TPSA) is 50.2 Å². The molecule has 0 aliphatic heterocycles. The van der Waals surface area contributed by atoms with Crippen LogP contribution in [0.15, 0.2) is 30.5 Å². The van der Waals surface area contributed by atoms with E-state index >= 15 is 4.39 Å². The van der Waals surface area contributed by atoms with Crippen molar-refractivity contribution >= 4 is 29.0 Å². The van der Waals surface area contributed by atoms with Gasteiger partial charge in [-0.3, -0.25) is 9.78 Å². The number of Topliss-reactive ketones (excluding diaryl/α,β-unsaturated/α-hetero) is 1. The van der Waals surface area contributed by atoms with Crippen LogP contribution in [0, 0.1) is 0 Å². The lowest BCUT2D eigenvalue weighted by Gasteiger charge is -2.32. The molecule has 2 atom stereocenters. The van der Waals surface area contributed by atoms with Gasteiger partial charge in [0.2, 0.25) is 0 Å². The van der Waals surface area contributed by atoms with Crippen LogP contribution in [0.3, 0.4) is 0 Å². The summed E-state index contributed by atoms with van der Waals surface area (Å²) in [5.41, 5.74) is -3.04. The molecule has 1 N–H and O–H groups in total. The number of pyridine rings is 1. The van der Waals surface area contributed by atoms with Gasteiger partial charge in [-0.05, 0) is 43.0 Å². The molecule has 1 heterocycles. The molecular formula is C19H15Cl2F4NO2. The van der Waals surface area contributed by atoms with Crippen LogP contribution in [0.5, 0.6) is 0 Å². The molecule has 1 aromatic heterocycles. The number of hydrogen-bond donors (Lipinski definition) is 1. The third-order valence-corrected chi connectivity index (χ3v) is 5.53. The highest BCUT2D eigenvalue weighted by molar-refractivity contribution is 6.36. The standard InChI is InChI=1S/C19H15Cl2F4NO2/c20-13-8-10(19(23,24)25)9-14(21)11(13)3-4-16(28)18(22)6-5-15(27)17-12(18)2-1-7-26-17/h1-2,7-9,15,27H,3-6H2/t15-,18-/m1/s1. The van der Waals surface area contributed by atoms with E-state index in [1.165, 1.54) is 18.3 Å². The first kappa shape index (κ1) is 21.0.